The van der Waals surface area contributed by atoms with Crippen LogP contribution in [0.4, 0.5) is 0 Å². The fraction of sp³-hybridized carbons (Fsp3) is 0.791. The zero-order valence-electron chi connectivity index (χ0n) is 57.6. The van der Waals surface area contributed by atoms with Crippen LogP contribution in [0.3, 0.4) is 0 Å². The standard InChI is InChI=1S/C67H116N6O14/c1-24-26-27-44(15)62(87-47(18)74)50(64(82)70-51(25-2)55(75)28-29-60(80)86-23)37-59(79)61(43(13)14)73(22)66(84)48(30-38(3)4)35-58(78)54(33-41(9)10)71(20)65(83)46(17)69-63(81)45(16)34-57(77)53(32-40(7)8)72(21)67(85)49(42(11)12)36-56(76)52(68-19)31-39(5)6/h24,26,38-46,48-54,61-62,68H,25,27-37H2,1-23H3,(H,69,81)(H,70,82)/b26-24+/t44-,45-,46-,48-,49+,50+,51+,52+,53-,54+,61+,62-/m1/s1. The molecule has 20 nitrogen and oxygen atoms in total. The molecule has 0 aromatic heterocycles. The minimum absolute atomic E-state index is 0.00196. The van der Waals surface area contributed by atoms with Gasteiger partial charge in [-0.1, -0.05) is 116 Å². The van der Waals surface area contributed by atoms with Crippen molar-refractivity contribution >= 4 is 70.4 Å². The smallest absolute Gasteiger partial charge is 0.305 e. The molecule has 0 spiro atoms. The maximum Gasteiger partial charge on any atom is 0.305 e. The van der Waals surface area contributed by atoms with Crippen molar-refractivity contribution in [3.63, 3.8) is 0 Å². The number of Topliss-reactive ketones (excluding diaryl/α,β-unsaturated/α-hetero) is 5. The predicted octanol–water partition coefficient (Wildman–Crippen LogP) is 8.33. The van der Waals surface area contributed by atoms with Gasteiger partial charge in [0.05, 0.1) is 49.7 Å². The summed E-state index contributed by atoms with van der Waals surface area (Å²) in [7, 11) is 7.46. The molecule has 0 aliphatic heterocycles. The van der Waals surface area contributed by atoms with E-state index in [4.69, 9.17) is 4.74 Å². The highest BCUT2D eigenvalue weighted by Crippen LogP contribution is 2.30. The second-order valence-corrected chi connectivity index (χ2v) is 26.8. The third kappa shape index (κ3) is 27.7. The Morgan fingerprint density at radius 3 is 1.47 bits per heavy atom. The van der Waals surface area contributed by atoms with E-state index in [-0.39, 0.29) is 98.4 Å². The Hall–Kier alpha value is -5.66. The zero-order valence-corrected chi connectivity index (χ0v) is 57.6. The van der Waals surface area contributed by atoms with Gasteiger partial charge in [-0.3, -0.25) is 57.5 Å². The fourth-order valence-corrected chi connectivity index (χ4v) is 11.4. The van der Waals surface area contributed by atoms with Crippen molar-refractivity contribution in [3.8, 4) is 0 Å². The summed E-state index contributed by atoms with van der Waals surface area (Å²) in [6.07, 6.45) is 3.03. The van der Waals surface area contributed by atoms with Gasteiger partial charge in [0, 0.05) is 77.9 Å². The van der Waals surface area contributed by atoms with Crippen molar-refractivity contribution in [1.82, 2.24) is 30.7 Å². The number of hydrogen-bond donors (Lipinski definition) is 3. The quantitative estimate of drug-likeness (QED) is 0.0382. The number of allylic oxidation sites excluding steroid dienone is 2. The minimum atomic E-state index is -1.31. The molecule has 20 heteroatoms. The van der Waals surface area contributed by atoms with Gasteiger partial charge in [0.15, 0.2) is 28.9 Å². The van der Waals surface area contributed by atoms with Crippen LogP contribution in [0.5, 0.6) is 0 Å². The highest BCUT2D eigenvalue weighted by Gasteiger charge is 2.43. The number of rotatable bonds is 43. The molecule has 0 heterocycles. The SMILES string of the molecule is C/C=C/C[C@@H](C)[C@@H](OC(C)=O)[C@H](CC(=O)[C@H](C(C)C)N(C)C(=O)[C@@H](CC(=O)[C@H](CC(C)C)N(C)C(=O)[C@@H](C)NC(=O)[C@H](C)CC(=O)[C@@H](CC(C)C)N(C)C(=O)[C@@H](CC(=O)[C@H](CC(C)C)NC)C(C)C)CC(C)C)C(=O)N[C@@H](CC)C(=O)CCC(=O)OC. The summed E-state index contributed by atoms with van der Waals surface area (Å²) in [6, 6.07) is -5.62. The van der Waals surface area contributed by atoms with Crippen LogP contribution < -0.4 is 16.0 Å². The summed E-state index contributed by atoms with van der Waals surface area (Å²) in [5, 5.41) is 8.59. The van der Waals surface area contributed by atoms with Crippen LogP contribution in [0.2, 0.25) is 0 Å². The van der Waals surface area contributed by atoms with E-state index in [0.717, 1.165) is 0 Å². The predicted molar refractivity (Wildman–Crippen MR) is 338 cm³/mol. The fourth-order valence-electron chi connectivity index (χ4n) is 11.4. The van der Waals surface area contributed by atoms with Gasteiger partial charge >= 0.3 is 11.9 Å². The third-order valence-electron chi connectivity index (χ3n) is 16.4. The molecule has 0 aliphatic rings. The second kappa shape index (κ2) is 40.1. The number of ketones is 5. The maximum absolute atomic E-state index is 14.9. The summed E-state index contributed by atoms with van der Waals surface area (Å²) in [4.78, 5) is 171. The molecule has 0 rings (SSSR count). The lowest BCUT2D eigenvalue weighted by atomic mass is 9.82. The number of methoxy groups -OCH3 is 1. The molecule has 0 saturated carbocycles. The molecule has 5 amide bonds. The van der Waals surface area contributed by atoms with Crippen molar-refractivity contribution in [2.75, 3.05) is 35.3 Å². The molecule has 87 heavy (non-hydrogen) atoms. The van der Waals surface area contributed by atoms with Gasteiger partial charge in [-0.25, -0.2) is 0 Å². The summed E-state index contributed by atoms with van der Waals surface area (Å²) in [5.41, 5.74) is 0. The first-order valence-corrected chi connectivity index (χ1v) is 31.9. The van der Waals surface area contributed by atoms with E-state index < -0.39 is 137 Å². The van der Waals surface area contributed by atoms with Crippen LogP contribution in [0.25, 0.3) is 0 Å². The molecule has 0 saturated heterocycles. The first-order valence-electron chi connectivity index (χ1n) is 31.9. The lowest BCUT2D eigenvalue weighted by Crippen LogP contribution is -2.53. The second-order valence-electron chi connectivity index (χ2n) is 26.8. The Kier molecular flexibility index (Phi) is 37.5. The van der Waals surface area contributed by atoms with Gasteiger partial charge in [-0.05, 0) is 101 Å². The molecule has 0 unspecified atom stereocenters. The Balaban J connectivity index is 6.90. The molecule has 498 valence electrons. The van der Waals surface area contributed by atoms with E-state index >= 15 is 0 Å². The largest absolute Gasteiger partial charge is 0.469 e. The highest BCUT2D eigenvalue weighted by atomic mass is 16.5. The zero-order chi connectivity index (χ0) is 67.5. The molecular formula is C67H116N6O14. The topological polar surface area (TPSA) is 269 Å². The van der Waals surface area contributed by atoms with Crippen molar-refractivity contribution in [3.05, 3.63) is 12.2 Å². The van der Waals surface area contributed by atoms with Gasteiger partial charge < -0.3 is 40.1 Å². The average Bonchev–Trinajstić information content (AvgIpc) is 1.97. The summed E-state index contributed by atoms with van der Waals surface area (Å²) < 4.78 is 10.5. The van der Waals surface area contributed by atoms with Crippen molar-refractivity contribution in [2.45, 2.75) is 244 Å². The Morgan fingerprint density at radius 2 is 1.02 bits per heavy atom. The van der Waals surface area contributed by atoms with Gasteiger partial charge in [0.25, 0.3) is 0 Å². The number of nitrogens with one attached hydrogen (secondary N) is 3. The molecule has 0 radical (unpaired) electrons. The Morgan fingerprint density at radius 1 is 0.517 bits per heavy atom. The monoisotopic (exact) mass is 1230 g/mol. The van der Waals surface area contributed by atoms with E-state index in [1.165, 1.54) is 49.8 Å². The van der Waals surface area contributed by atoms with Gasteiger partial charge in [-0.2, -0.15) is 0 Å². The van der Waals surface area contributed by atoms with Crippen LogP contribution in [0, 0.1) is 65.1 Å². The summed E-state index contributed by atoms with van der Waals surface area (Å²) >= 11 is 0. The number of carbonyl (C=O) groups is 12. The molecule has 0 aromatic carbocycles. The summed E-state index contributed by atoms with van der Waals surface area (Å²) in [5.74, 6) is -10.7. The van der Waals surface area contributed by atoms with Crippen LogP contribution in [0.1, 0.15) is 202 Å². The lowest BCUT2D eigenvalue weighted by molar-refractivity contribution is -0.158. The van der Waals surface area contributed by atoms with E-state index in [9.17, 15) is 57.5 Å². The highest BCUT2D eigenvalue weighted by molar-refractivity contribution is 5.99. The number of amides is 5. The Bertz CT molecular complexity index is 2310. The number of nitrogens with zero attached hydrogens (tertiary/aromatic N) is 3. The average molecular weight is 1230 g/mol. The third-order valence-corrected chi connectivity index (χ3v) is 16.4. The lowest BCUT2D eigenvalue weighted by Gasteiger charge is -2.36. The van der Waals surface area contributed by atoms with E-state index in [2.05, 4.69) is 20.7 Å². The van der Waals surface area contributed by atoms with Gasteiger partial charge in [0.1, 0.15) is 12.1 Å². The van der Waals surface area contributed by atoms with Crippen molar-refractivity contribution in [1.29, 1.82) is 0 Å². The number of carbonyl (C=O) groups excluding carboxylic acids is 12. The number of likely N-dealkylation sites (N-methyl/N-ethyl adjacent to an activating group) is 4. The number of ether oxygens (including phenoxy) is 2. The van der Waals surface area contributed by atoms with Crippen LogP contribution in [-0.2, 0) is 67.0 Å². The molecule has 0 bridgehead atoms. The first-order chi connectivity index (χ1) is 40.3. The van der Waals surface area contributed by atoms with Gasteiger partial charge in [-0.15, -0.1) is 0 Å². The van der Waals surface area contributed by atoms with Crippen LogP contribution in [0.15, 0.2) is 12.2 Å². The summed E-state index contributed by atoms with van der Waals surface area (Å²) in [6.45, 7) is 32.3. The molecule has 0 aromatic rings. The molecule has 0 aliphatic carbocycles. The van der Waals surface area contributed by atoms with Crippen LogP contribution in [-0.4, -0.2) is 163 Å². The normalized spacial score (nSPS) is 16.0. The maximum atomic E-state index is 14.9. The van der Waals surface area contributed by atoms with E-state index in [0.29, 0.717) is 19.3 Å². The number of hydrogen-bond acceptors (Lipinski definition) is 15. The van der Waals surface area contributed by atoms with Crippen LogP contribution >= 0.6 is 0 Å². The van der Waals surface area contributed by atoms with Gasteiger partial charge in [0.2, 0.25) is 29.5 Å². The Labute approximate surface area is 522 Å². The number of esters is 2. The van der Waals surface area contributed by atoms with E-state index in [1.807, 2.05) is 82.2 Å². The van der Waals surface area contributed by atoms with E-state index in [1.54, 1.807) is 54.8 Å². The minimum Gasteiger partial charge on any atom is -0.469 e. The van der Waals surface area contributed by atoms with Crippen molar-refractivity contribution < 1.29 is 67.0 Å². The molecule has 0 fully saturated rings. The molecule has 3 N–H and O–H groups in total. The molecule has 12 atom stereocenters. The first kappa shape index (κ1) is 81.3. The molecular weight excluding hydrogens is 1110 g/mol. The van der Waals surface area contributed by atoms with Crippen molar-refractivity contribution in [2.24, 2.45) is 65.1 Å².